The summed E-state index contributed by atoms with van der Waals surface area (Å²) in [5.74, 6) is -0.743. The molecule has 1 saturated carbocycles. The van der Waals surface area contributed by atoms with E-state index in [1.54, 1.807) is 24.5 Å². The number of aromatic nitrogens is 1. The Bertz CT molecular complexity index is 1010. The SMILES string of the molecule is FC[C@H](F)c1cc(OC2CC(NCc3c(F)ccc4cnccc34)C2)ccc1F. The molecule has 7 heteroatoms. The van der Waals surface area contributed by atoms with E-state index in [0.29, 0.717) is 30.7 Å². The van der Waals surface area contributed by atoms with E-state index in [4.69, 9.17) is 4.74 Å². The van der Waals surface area contributed by atoms with Crippen molar-refractivity contribution in [1.29, 1.82) is 0 Å². The van der Waals surface area contributed by atoms with Crippen LogP contribution >= 0.6 is 0 Å². The average molecular weight is 404 g/mol. The third-order valence-corrected chi connectivity index (χ3v) is 5.28. The Balaban J connectivity index is 1.33. The van der Waals surface area contributed by atoms with Crippen LogP contribution in [0.25, 0.3) is 10.8 Å². The van der Waals surface area contributed by atoms with Crippen LogP contribution in [0.2, 0.25) is 0 Å². The van der Waals surface area contributed by atoms with Crippen molar-refractivity contribution in [2.75, 3.05) is 6.67 Å². The number of pyridine rings is 1. The minimum Gasteiger partial charge on any atom is -0.490 e. The molecule has 1 aliphatic rings. The fourth-order valence-corrected chi connectivity index (χ4v) is 3.57. The Morgan fingerprint density at radius 2 is 1.90 bits per heavy atom. The summed E-state index contributed by atoms with van der Waals surface area (Å²) in [5, 5.41) is 5.03. The zero-order chi connectivity index (χ0) is 20.4. The molecule has 2 aromatic carbocycles. The second kappa shape index (κ2) is 8.37. The summed E-state index contributed by atoms with van der Waals surface area (Å²) in [4.78, 5) is 4.06. The number of fused-ring (bicyclic) bond motifs is 1. The Morgan fingerprint density at radius 3 is 2.69 bits per heavy atom. The molecule has 0 aliphatic heterocycles. The van der Waals surface area contributed by atoms with Crippen molar-refractivity contribution in [3.63, 3.8) is 0 Å². The molecule has 0 amide bonds. The summed E-state index contributed by atoms with van der Waals surface area (Å²) in [6.45, 7) is -0.901. The van der Waals surface area contributed by atoms with Crippen LogP contribution < -0.4 is 10.1 Å². The van der Waals surface area contributed by atoms with Gasteiger partial charge in [-0.25, -0.2) is 17.6 Å². The predicted molar refractivity (Wildman–Crippen MR) is 102 cm³/mol. The molecule has 29 heavy (non-hydrogen) atoms. The van der Waals surface area contributed by atoms with Gasteiger partial charge in [0.15, 0.2) is 6.17 Å². The molecule has 0 spiro atoms. The summed E-state index contributed by atoms with van der Waals surface area (Å²) in [5.41, 5.74) is 0.262. The van der Waals surface area contributed by atoms with Crippen LogP contribution in [-0.2, 0) is 6.54 Å². The Labute approximate surface area is 165 Å². The summed E-state index contributed by atoms with van der Waals surface area (Å²) in [6, 6.07) is 8.79. The summed E-state index contributed by atoms with van der Waals surface area (Å²) in [6.07, 6.45) is 2.59. The fourth-order valence-electron chi connectivity index (χ4n) is 3.57. The molecule has 0 unspecified atom stereocenters. The normalized spacial score (nSPS) is 19.7. The number of alkyl halides is 2. The van der Waals surface area contributed by atoms with Crippen LogP contribution in [0.4, 0.5) is 17.6 Å². The van der Waals surface area contributed by atoms with Crippen molar-refractivity contribution in [1.82, 2.24) is 10.3 Å². The van der Waals surface area contributed by atoms with Crippen LogP contribution in [0, 0.1) is 11.6 Å². The zero-order valence-corrected chi connectivity index (χ0v) is 15.5. The van der Waals surface area contributed by atoms with Crippen molar-refractivity contribution in [2.45, 2.75) is 37.7 Å². The largest absolute Gasteiger partial charge is 0.490 e. The number of halogens is 4. The molecule has 0 radical (unpaired) electrons. The maximum absolute atomic E-state index is 14.2. The van der Waals surface area contributed by atoms with E-state index >= 15 is 0 Å². The maximum Gasteiger partial charge on any atom is 0.156 e. The minimum atomic E-state index is -2.00. The molecule has 1 N–H and O–H groups in total. The molecule has 0 saturated heterocycles. The number of nitrogens with one attached hydrogen (secondary N) is 1. The van der Waals surface area contributed by atoms with Gasteiger partial charge in [-0.3, -0.25) is 4.98 Å². The highest BCUT2D eigenvalue weighted by Gasteiger charge is 2.31. The van der Waals surface area contributed by atoms with Gasteiger partial charge in [0.25, 0.3) is 0 Å². The topological polar surface area (TPSA) is 34.1 Å². The lowest BCUT2D eigenvalue weighted by Crippen LogP contribution is -2.46. The molecule has 4 rings (SSSR count). The van der Waals surface area contributed by atoms with E-state index < -0.39 is 18.7 Å². The third kappa shape index (κ3) is 4.19. The molecule has 1 atom stereocenters. The second-order valence-electron chi connectivity index (χ2n) is 7.22. The quantitative estimate of drug-likeness (QED) is 0.550. The summed E-state index contributed by atoms with van der Waals surface area (Å²) in [7, 11) is 0. The highest BCUT2D eigenvalue weighted by Crippen LogP contribution is 2.30. The number of nitrogens with zero attached hydrogens (tertiary/aromatic N) is 1. The van der Waals surface area contributed by atoms with Gasteiger partial charge < -0.3 is 10.1 Å². The number of ether oxygens (including phenoxy) is 1. The van der Waals surface area contributed by atoms with Gasteiger partial charge in [0, 0.05) is 41.5 Å². The summed E-state index contributed by atoms with van der Waals surface area (Å²) < 4.78 is 59.6. The molecular weight excluding hydrogens is 384 g/mol. The minimum absolute atomic E-state index is 0.115. The van der Waals surface area contributed by atoms with Gasteiger partial charge in [-0.2, -0.15) is 0 Å². The van der Waals surface area contributed by atoms with Crippen molar-refractivity contribution < 1.29 is 22.3 Å². The van der Waals surface area contributed by atoms with Gasteiger partial charge in [0.05, 0.1) is 0 Å². The van der Waals surface area contributed by atoms with Gasteiger partial charge >= 0.3 is 0 Å². The van der Waals surface area contributed by atoms with Crippen LogP contribution in [0.1, 0.15) is 30.1 Å². The van der Waals surface area contributed by atoms with E-state index in [9.17, 15) is 17.6 Å². The Morgan fingerprint density at radius 1 is 1.10 bits per heavy atom. The molecule has 1 aromatic heterocycles. The lowest BCUT2D eigenvalue weighted by atomic mass is 9.89. The third-order valence-electron chi connectivity index (χ3n) is 5.28. The van der Waals surface area contributed by atoms with Gasteiger partial charge in [-0.1, -0.05) is 0 Å². The van der Waals surface area contributed by atoms with Gasteiger partial charge in [-0.15, -0.1) is 0 Å². The smallest absolute Gasteiger partial charge is 0.156 e. The van der Waals surface area contributed by atoms with E-state index in [2.05, 4.69) is 10.3 Å². The standard InChI is InChI=1S/C22H20F4N2O/c23-10-22(26)18-9-15(2-4-20(18)24)29-16-7-14(8-16)28-12-19-17-5-6-27-11-13(17)1-3-21(19)25/h1-6,9,11,14,16,22,28H,7-8,10,12H2/t14?,16?,22-/m0/s1. The molecule has 3 aromatic rings. The van der Waals surface area contributed by atoms with Gasteiger partial charge in [0.1, 0.15) is 30.2 Å². The van der Waals surface area contributed by atoms with Crippen molar-refractivity contribution in [3.05, 3.63) is 71.6 Å². The van der Waals surface area contributed by atoms with E-state index in [-0.39, 0.29) is 23.5 Å². The van der Waals surface area contributed by atoms with Crippen molar-refractivity contribution in [3.8, 4) is 5.75 Å². The van der Waals surface area contributed by atoms with Crippen LogP contribution in [0.5, 0.6) is 5.75 Å². The lowest BCUT2D eigenvalue weighted by Gasteiger charge is -2.36. The molecule has 1 heterocycles. The number of hydrogen-bond donors (Lipinski definition) is 1. The first kappa shape index (κ1) is 19.6. The molecule has 1 fully saturated rings. The van der Waals surface area contributed by atoms with Crippen molar-refractivity contribution >= 4 is 10.8 Å². The highest BCUT2D eigenvalue weighted by atomic mass is 19.2. The summed E-state index contributed by atoms with van der Waals surface area (Å²) >= 11 is 0. The fraction of sp³-hybridized carbons (Fsp3) is 0.318. The molecular formula is C22H20F4N2O. The van der Waals surface area contributed by atoms with E-state index in [0.717, 1.165) is 16.8 Å². The molecule has 3 nitrogen and oxygen atoms in total. The first-order valence-corrected chi connectivity index (χ1v) is 9.45. The van der Waals surface area contributed by atoms with Gasteiger partial charge in [-0.05, 0) is 54.6 Å². The number of rotatable bonds is 7. The lowest BCUT2D eigenvalue weighted by molar-refractivity contribution is 0.0838. The molecule has 0 bridgehead atoms. The van der Waals surface area contributed by atoms with Crippen LogP contribution in [-0.4, -0.2) is 23.8 Å². The number of benzene rings is 2. The highest BCUT2D eigenvalue weighted by molar-refractivity contribution is 5.84. The maximum atomic E-state index is 14.2. The number of hydrogen-bond acceptors (Lipinski definition) is 3. The monoisotopic (exact) mass is 404 g/mol. The van der Waals surface area contributed by atoms with E-state index in [1.165, 1.54) is 18.2 Å². The average Bonchev–Trinajstić information content (AvgIpc) is 2.71. The zero-order valence-electron chi connectivity index (χ0n) is 15.5. The first-order chi connectivity index (χ1) is 14.0. The molecule has 1 aliphatic carbocycles. The van der Waals surface area contributed by atoms with Gasteiger partial charge in [0.2, 0.25) is 0 Å². The van der Waals surface area contributed by atoms with Crippen molar-refractivity contribution in [2.24, 2.45) is 0 Å². The molecule has 152 valence electrons. The predicted octanol–water partition coefficient (Wildman–Crippen LogP) is 5.19. The Kier molecular flexibility index (Phi) is 5.67. The second-order valence-corrected chi connectivity index (χ2v) is 7.22. The van der Waals surface area contributed by atoms with Crippen LogP contribution in [0.15, 0.2) is 48.8 Å². The van der Waals surface area contributed by atoms with E-state index in [1.807, 2.05) is 0 Å². The van der Waals surface area contributed by atoms with Crippen LogP contribution in [0.3, 0.4) is 0 Å². The first-order valence-electron chi connectivity index (χ1n) is 9.45. The Hall–Kier alpha value is -2.67.